The van der Waals surface area contributed by atoms with Crippen LogP contribution in [0.15, 0.2) is 24.3 Å². The Bertz CT molecular complexity index is 425. The molecule has 6 nitrogen and oxygen atoms in total. The van der Waals surface area contributed by atoms with Gasteiger partial charge < -0.3 is 25.6 Å². The highest BCUT2D eigenvalue weighted by molar-refractivity contribution is 5.74. The summed E-state index contributed by atoms with van der Waals surface area (Å²) in [5.74, 6) is 0.964. The molecular weight excluding hydrogens is 260 g/mol. The van der Waals surface area contributed by atoms with Crippen molar-refractivity contribution in [3.8, 4) is 11.5 Å². The van der Waals surface area contributed by atoms with E-state index in [1.807, 2.05) is 19.1 Å². The van der Waals surface area contributed by atoms with Gasteiger partial charge in [-0.25, -0.2) is 0 Å². The molecule has 1 aromatic rings. The standard InChI is InChI=1S/C14H22N2O4/c1-10(6-14(15)18)16-8-11(17)9-20-13-5-3-4-12(7-13)19-2/h3-5,7,10-11,16-17H,6,8-9H2,1-2H3,(H2,15,18). The summed E-state index contributed by atoms with van der Waals surface area (Å²) in [6.45, 7) is 2.32. The minimum Gasteiger partial charge on any atom is -0.497 e. The fourth-order valence-electron chi connectivity index (χ4n) is 1.65. The normalized spacial score (nSPS) is 13.6. The summed E-state index contributed by atoms with van der Waals surface area (Å²) in [7, 11) is 1.58. The molecule has 6 heteroatoms. The number of ether oxygens (including phenoxy) is 2. The Labute approximate surface area is 118 Å². The number of nitrogens with two attached hydrogens (primary N) is 1. The van der Waals surface area contributed by atoms with Crippen LogP contribution in [-0.2, 0) is 4.79 Å². The first-order valence-corrected chi connectivity index (χ1v) is 6.48. The lowest BCUT2D eigenvalue weighted by Crippen LogP contribution is -2.38. The molecule has 0 saturated heterocycles. The van der Waals surface area contributed by atoms with E-state index in [1.54, 1.807) is 19.2 Å². The van der Waals surface area contributed by atoms with Crippen LogP contribution in [0.5, 0.6) is 11.5 Å². The van der Waals surface area contributed by atoms with Gasteiger partial charge in [-0.15, -0.1) is 0 Å². The molecule has 2 atom stereocenters. The zero-order valence-corrected chi connectivity index (χ0v) is 11.8. The molecule has 0 heterocycles. The molecule has 4 N–H and O–H groups in total. The Morgan fingerprint density at radius 2 is 2.15 bits per heavy atom. The van der Waals surface area contributed by atoms with E-state index in [0.717, 1.165) is 0 Å². The number of nitrogens with one attached hydrogen (secondary N) is 1. The highest BCUT2D eigenvalue weighted by Gasteiger charge is 2.10. The third-order valence-corrected chi connectivity index (χ3v) is 2.69. The van der Waals surface area contributed by atoms with Gasteiger partial charge in [0.2, 0.25) is 5.91 Å². The summed E-state index contributed by atoms with van der Waals surface area (Å²) >= 11 is 0. The molecule has 2 unspecified atom stereocenters. The molecule has 1 aromatic carbocycles. The van der Waals surface area contributed by atoms with Gasteiger partial charge in [-0.05, 0) is 19.1 Å². The molecule has 0 spiro atoms. The lowest BCUT2D eigenvalue weighted by atomic mass is 10.2. The number of carbonyl (C=O) groups is 1. The van der Waals surface area contributed by atoms with Crippen LogP contribution in [0.2, 0.25) is 0 Å². The van der Waals surface area contributed by atoms with Crippen molar-refractivity contribution in [3.63, 3.8) is 0 Å². The molecule has 0 saturated carbocycles. The largest absolute Gasteiger partial charge is 0.497 e. The molecule has 0 aromatic heterocycles. The van der Waals surface area contributed by atoms with Gasteiger partial charge in [0.1, 0.15) is 24.2 Å². The van der Waals surface area contributed by atoms with Gasteiger partial charge in [0.25, 0.3) is 0 Å². The minimum absolute atomic E-state index is 0.0704. The number of rotatable bonds is 9. The maximum absolute atomic E-state index is 10.7. The summed E-state index contributed by atoms with van der Waals surface area (Å²) in [6.07, 6.45) is -0.430. The third-order valence-electron chi connectivity index (χ3n) is 2.69. The summed E-state index contributed by atoms with van der Waals surface area (Å²) < 4.78 is 10.5. The second-order valence-electron chi connectivity index (χ2n) is 4.62. The van der Waals surface area contributed by atoms with E-state index in [1.165, 1.54) is 0 Å². The number of benzene rings is 1. The minimum atomic E-state index is -0.670. The van der Waals surface area contributed by atoms with Crippen molar-refractivity contribution >= 4 is 5.91 Å². The Kier molecular flexibility index (Phi) is 6.83. The van der Waals surface area contributed by atoms with E-state index >= 15 is 0 Å². The van der Waals surface area contributed by atoms with Crippen LogP contribution in [0.25, 0.3) is 0 Å². The molecule has 0 aliphatic carbocycles. The quantitative estimate of drug-likeness (QED) is 0.605. The van der Waals surface area contributed by atoms with Crippen LogP contribution in [0.1, 0.15) is 13.3 Å². The molecule has 112 valence electrons. The van der Waals surface area contributed by atoms with Crippen LogP contribution in [0, 0.1) is 0 Å². The lowest BCUT2D eigenvalue weighted by molar-refractivity contribution is -0.118. The van der Waals surface area contributed by atoms with Crippen LogP contribution >= 0.6 is 0 Å². The van der Waals surface area contributed by atoms with E-state index in [-0.39, 0.29) is 25.0 Å². The van der Waals surface area contributed by atoms with E-state index in [0.29, 0.717) is 18.0 Å². The maximum Gasteiger partial charge on any atom is 0.218 e. The van der Waals surface area contributed by atoms with Crippen molar-refractivity contribution in [1.29, 1.82) is 0 Å². The first kappa shape index (κ1) is 16.3. The Hall–Kier alpha value is -1.79. The van der Waals surface area contributed by atoms with Gasteiger partial charge in [0, 0.05) is 25.1 Å². The second-order valence-corrected chi connectivity index (χ2v) is 4.62. The first-order valence-electron chi connectivity index (χ1n) is 6.48. The number of aliphatic hydroxyl groups excluding tert-OH is 1. The molecule has 1 amide bonds. The molecule has 1 rings (SSSR count). The van der Waals surface area contributed by atoms with Crippen molar-refractivity contribution in [2.24, 2.45) is 5.73 Å². The number of carbonyl (C=O) groups excluding carboxylic acids is 1. The summed E-state index contributed by atoms with van der Waals surface area (Å²) in [4.78, 5) is 10.7. The summed E-state index contributed by atoms with van der Waals surface area (Å²) in [5.41, 5.74) is 5.08. The van der Waals surface area contributed by atoms with Crippen LogP contribution < -0.4 is 20.5 Å². The summed E-state index contributed by atoms with van der Waals surface area (Å²) in [5, 5.41) is 12.8. The fourth-order valence-corrected chi connectivity index (χ4v) is 1.65. The molecule has 0 radical (unpaired) electrons. The van der Waals surface area contributed by atoms with Gasteiger partial charge in [-0.3, -0.25) is 4.79 Å². The number of hydrogen-bond donors (Lipinski definition) is 3. The number of aliphatic hydroxyl groups is 1. The Morgan fingerprint density at radius 1 is 1.45 bits per heavy atom. The number of methoxy groups -OCH3 is 1. The maximum atomic E-state index is 10.7. The fraction of sp³-hybridized carbons (Fsp3) is 0.500. The molecule has 20 heavy (non-hydrogen) atoms. The average Bonchev–Trinajstić information content (AvgIpc) is 2.42. The van der Waals surface area contributed by atoms with Crippen molar-refractivity contribution < 1.29 is 19.4 Å². The third kappa shape index (κ3) is 6.40. The zero-order valence-electron chi connectivity index (χ0n) is 11.8. The Morgan fingerprint density at radius 3 is 2.80 bits per heavy atom. The van der Waals surface area contributed by atoms with E-state index in [4.69, 9.17) is 15.2 Å². The topological polar surface area (TPSA) is 93.8 Å². The number of hydrogen-bond acceptors (Lipinski definition) is 5. The van der Waals surface area contributed by atoms with Gasteiger partial charge in [0.15, 0.2) is 0 Å². The lowest BCUT2D eigenvalue weighted by Gasteiger charge is -2.16. The Balaban J connectivity index is 2.28. The van der Waals surface area contributed by atoms with Crippen LogP contribution in [0.4, 0.5) is 0 Å². The van der Waals surface area contributed by atoms with E-state index < -0.39 is 6.10 Å². The average molecular weight is 282 g/mol. The van der Waals surface area contributed by atoms with E-state index in [2.05, 4.69) is 5.32 Å². The summed E-state index contributed by atoms with van der Waals surface area (Å²) in [6, 6.07) is 7.09. The molecular formula is C14H22N2O4. The highest BCUT2D eigenvalue weighted by Crippen LogP contribution is 2.18. The molecule has 0 bridgehead atoms. The van der Waals surface area contributed by atoms with Crippen LogP contribution in [-0.4, -0.2) is 43.4 Å². The molecule has 0 aliphatic rings. The number of amides is 1. The van der Waals surface area contributed by atoms with Crippen molar-refractivity contribution in [2.45, 2.75) is 25.5 Å². The number of primary amides is 1. The monoisotopic (exact) mass is 282 g/mol. The highest BCUT2D eigenvalue weighted by atomic mass is 16.5. The SMILES string of the molecule is COc1cccc(OCC(O)CNC(C)CC(N)=O)c1. The van der Waals surface area contributed by atoms with Crippen LogP contribution in [0.3, 0.4) is 0 Å². The van der Waals surface area contributed by atoms with Gasteiger partial charge in [0.05, 0.1) is 7.11 Å². The van der Waals surface area contributed by atoms with Crippen molar-refractivity contribution in [3.05, 3.63) is 24.3 Å². The van der Waals surface area contributed by atoms with Gasteiger partial charge in [-0.1, -0.05) is 6.07 Å². The van der Waals surface area contributed by atoms with Gasteiger partial charge >= 0.3 is 0 Å². The predicted molar refractivity (Wildman–Crippen MR) is 75.8 cm³/mol. The first-order chi connectivity index (χ1) is 9.51. The molecule has 0 aliphatic heterocycles. The predicted octanol–water partition coefficient (Wildman–Crippen LogP) is 0.288. The van der Waals surface area contributed by atoms with Crippen molar-refractivity contribution in [2.75, 3.05) is 20.3 Å². The van der Waals surface area contributed by atoms with Crippen molar-refractivity contribution in [1.82, 2.24) is 5.32 Å². The second kappa shape index (κ2) is 8.39. The molecule has 0 fully saturated rings. The van der Waals surface area contributed by atoms with E-state index in [9.17, 15) is 9.90 Å². The zero-order chi connectivity index (χ0) is 15.0. The van der Waals surface area contributed by atoms with Gasteiger partial charge in [-0.2, -0.15) is 0 Å². The smallest absolute Gasteiger partial charge is 0.218 e.